The lowest BCUT2D eigenvalue weighted by Gasteiger charge is -2.20. The van der Waals surface area contributed by atoms with E-state index in [-0.39, 0.29) is 5.91 Å². The van der Waals surface area contributed by atoms with Gasteiger partial charge in [-0.15, -0.1) is 5.10 Å². The lowest BCUT2D eigenvalue weighted by Crippen LogP contribution is -2.35. The van der Waals surface area contributed by atoms with Crippen LogP contribution in [-0.4, -0.2) is 68.5 Å². The summed E-state index contributed by atoms with van der Waals surface area (Å²) in [6, 6.07) is 10.9. The number of likely N-dealkylation sites (N-methyl/N-ethyl adjacent to an activating group) is 1. The second-order valence-corrected chi connectivity index (χ2v) is 7.35. The van der Waals surface area contributed by atoms with E-state index >= 15 is 0 Å². The molecule has 4 aromatic heterocycles. The fourth-order valence-electron chi connectivity index (χ4n) is 3.57. The molecule has 0 radical (unpaired) electrons. The zero-order chi connectivity index (χ0) is 22.1. The average Bonchev–Trinajstić information content (AvgIpc) is 3.45. The van der Waals surface area contributed by atoms with E-state index in [0.29, 0.717) is 59.4 Å². The first kappa shape index (κ1) is 20.0. The number of hydrogen-bond acceptors (Lipinski definition) is 8. The minimum absolute atomic E-state index is 0.222. The number of carbonyl (C=O) groups excluding carboxylic acids is 1. The van der Waals surface area contributed by atoms with Crippen molar-refractivity contribution in [3.05, 3.63) is 60.7 Å². The number of pyridine rings is 2. The number of carbonyl (C=O) groups is 1. The summed E-state index contributed by atoms with van der Waals surface area (Å²) in [5.74, 6) is 0.115. The summed E-state index contributed by atoms with van der Waals surface area (Å²) in [5, 5.41) is 4.38. The predicted octanol–water partition coefficient (Wildman–Crippen LogP) is 1.88. The highest BCUT2D eigenvalue weighted by Gasteiger charge is 2.22. The second kappa shape index (κ2) is 8.33. The number of fused-ring (bicyclic) bond motifs is 1. The van der Waals surface area contributed by atoms with Gasteiger partial charge in [0.25, 0.3) is 5.91 Å². The third-order valence-corrected chi connectivity index (χ3v) is 5.14. The summed E-state index contributed by atoms with van der Waals surface area (Å²) in [4.78, 5) is 27.8. The van der Waals surface area contributed by atoms with Gasteiger partial charge in [0.15, 0.2) is 17.8 Å². The molecule has 0 spiro atoms. The standard InChI is InChI=1S/C22H21N7O3/c1-28(13-18-31-9-10-32-18)22(30)17-7-4-6-15(26-17)14-11-25-21-19(16-5-2-3-8-24-16)20(23)27-29(21)12-14/h2-8,11-12,18H,9-10,13H2,1H3,(H2,23,27). The molecule has 2 N–H and O–H groups in total. The van der Waals surface area contributed by atoms with Crippen molar-refractivity contribution in [2.75, 3.05) is 32.5 Å². The van der Waals surface area contributed by atoms with Crippen molar-refractivity contribution in [1.29, 1.82) is 0 Å². The van der Waals surface area contributed by atoms with Crippen molar-refractivity contribution >= 4 is 17.4 Å². The van der Waals surface area contributed by atoms with Crippen molar-refractivity contribution in [2.45, 2.75) is 6.29 Å². The maximum atomic E-state index is 12.8. The van der Waals surface area contributed by atoms with E-state index in [1.165, 1.54) is 4.90 Å². The number of anilines is 1. The van der Waals surface area contributed by atoms with E-state index in [9.17, 15) is 4.79 Å². The van der Waals surface area contributed by atoms with Gasteiger partial charge in [0.2, 0.25) is 0 Å². The predicted molar refractivity (Wildman–Crippen MR) is 117 cm³/mol. The van der Waals surface area contributed by atoms with Gasteiger partial charge in [-0.1, -0.05) is 12.1 Å². The molecular weight excluding hydrogens is 410 g/mol. The Hall–Kier alpha value is -3.89. The van der Waals surface area contributed by atoms with Gasteiger partial charge in [-0.3, -0.25) is 9.78 Å². The first-order chi connectivity index (χ1) is 15.6. The van der Waals surface area contributed by atoms with Gasteiger partial charge in [-0.2, -0.15) is 0 Å². The van der Waals surface area contributed by atoms with Crippen LogP contribution in [0.1, 0.15) is 10.5 Å². The molecule has 4 aromatic rings. The third kappa shape index (κ3) is 3.77. The van der Waals surface area contributed by atoms with Crippen LogP contribution in [0, 0.1) is 0 Å². The molecule has 1 amide bonds. The van der Waals surface area contributed by atoms with Gasteiger partial charge in [0.1, 0.15) is 5.69 Å². The van der Waals surface area contributed by atoms with Gasteiger partial charge in [-0.05, 0) is 24.3 Å². The first-order valence-electron chi connectivity index (χ1n) is 10.1. The molecule has 162 valence electrons. The summed E-state index contributed by atoms with van der Waals surface area (Å²) in [5.41, 5.74) is 9.72. The molecule has 1 saturated heterocycles. The summed E-state index contributed by atoms with van der Waals surface area (Å²) in [6.07, 6.45) is 4.76. The third-order valence-electron chi connectivity index (χ3n) is 5.14. The van der Waals surface area contributed by atoms with E-state index in [2.05, 4.69) is 20.1 Å². The van der Waals surface area contributed by atoms with Gasteiger partial charge < -0.3 is 20.1 Å². The average molecular weight is 431 g/mol. The van der Waals surface area contributed by atoms with Crippen LogP contribution in [0.25, 0.3) is 28.2 Å². The van der Waals surface area contributed by atoms with Gasteiger partial charge in [-0.25, -0.2) is 14.5 Å². The van der Waals surface area contributed by atoms with E-state index in [0.717, 1.165) is 0 Å². The van der Waals surface area contributed by atoms with Crippen LogP contribution < -0.4 is 5.73 Å². The number of nitrogens with two attached hydrogens (primary N) is 1. The topological polar surface area (TPSA) is 121 Å². The van der Waals surface area contributed by atoms with Crippen molar-refractivity contribution in [3.8, 4) is 22.5 Å². The summed E-state index contributed by atoms with van der Waals surface area (Å²) in [7, 11) is 1.70. The zero-order valence-electron chi connectivity index (χ0n) is 17.4. The maximum Gasteiger partial charge on any atom is 0.272 e. The quantitative estimate of drug-likeness (QED) is 0.508. The molecule has 32 heavy (non-hydrogen) atoms. The van der Waals surface area contributed by atoms with Crippen LogP contribution >= 0.6 is 0 Å². The number of nitrogens with zero attached hydrogens (tertiary/aromatic N) is 6. The smallest absolute Gasteiger partial charge is 0.272 e. The monoisotopic (exact) mass is 431 g/mol. The summed E-state index contributed by atoms with van der Waals surface area (Å²) in [6.45, 7) is 1.41. The Morgan fingerprint density at radius 3 is 2.75 bits per heavy atom. The molecule has 5 rings (SSSR count). The molecule has 5 heterocycles. The van der Waals surface area contributed by atoms with E-state index in [1.54, 1.807) is 42.3 Å². The van der Waals surface area contributed by atoms with Crippen LogP contribution in [-0.2, 0) is 9.47 Å². The minimum Gasteiger partial charge on any atom is -0.382 e. The summed E-state index contributed by atoms with van der Waals surface area (Å²) < 4.78 is 12.4. The highest BCUT2D eigenvalue weighted by atomic mass is 16.7. The Labute approximate surface area is 183 Å². The minimum atomic E-state index is -0.405. The summed E-state index contributed by atoms with van der Waals surface area (Å²) >= 11 is 0. The van der Waals surface area contributed by atoms with Crippen molar-refractivity contribution < 1.29 is 14.3 Å². The fourth-order valence-corrected chi connectivity index (χ4v) is 3.57. The lowest BCUT2D eigenvalue weighted by atomic mass is 10.2. The Bertz CT molecular complexity index is 1270. The van der Waals surface area contributed by atoms with Crippen LogP contribution in [0.3, 0.4) is 0 Å². The Balaban J connectivity index is 1.44. The number of hydrogen-bond donors (Lipinski definition) is 1. The number of amides is 1. The molecule has 1 fully saturated rings. The van der Waals surface area contributed by atoms with Gasteiger partial charge >= 0.3 is 0 Å². The molecule has 0 unspecified atom stereocenters. The van der Waals surface area contributed by atoms with Gasteiger partial charge in [0.05, 0.1) is 36.7 Å². The molecule has 10 nitrogen and oxygen atoms in total. The molecule has 1 aliphatic rings. The van der Waals surface area contributed by atoms with Crippen LogP contribution in [0.15, 0.2) is 55.0 Å². The molecular formula is C22H21N7O3. The molecule has 0 atom stereocenters. The van der Waals surface area contributed by atoms with Crippen molar-refractivity contribution in [1.82, 2.24) is 29.5 Å². The maximum absolute atomic E-state index is 12.8. The number of nitrogen functional groups attached to an aromatic ring is 1. The molecule has 0 aromatic carbocycles. The van der Waals surface area contributed by atoms with Crippen molar-refractivity contribution in [2.24, 2.45) is 0 Å². The van der Waals surface area contributed by atoms with Crippen LogP contribution in [0.5, 0.6) is 0 Å². The Morgan fingerprint density at radius 2 is 1.97 bits per heavy atom. The number of rotatable bonds is 5. The van der Waals surface area contributed by atoms with Crippen LogP contribution in [0.4, 0.5) is 5.82 Å². The lowest BCUT2D eigenvalue weighted by molar-refractivity contribution is -0.0543. The van der Waals surface area contributed by atoms with Crippen LogP contribution in [0.2, 0.25) is 0 Å². The number of aromatic nitrogens is 5. The highest BCUT2D eigenvalue weighted by molar-refractivity contribution is 5.92. The van der Waals surface area contributed by atoms with E-state index in [4.69, 9.17) is 15.2 Å². The number of ether oxygens (including phenoxy) is 2. The zero-order valence-corrected chi connectivity index (χ0v) is 17.4. The van der Waals surface area contributed by atoms with Crippen molar-refractivity contribution in [3.63, 3.8) is 0 Å². The van der Waals surface area contributed by atoms with Gasteiger partial charge in [0, 0.05) is 31.2 Å². The fraction of sp³-hybridized carbons (Fsp3) is 0.227. The molecule has 0 aliphatic carbocycles. The Morgan fingerprint density at radius 1 is 1.16 bits per heavy atom. The Kier molecular flexibility index (Phi) is 5.21. The van der Waals surface area contributed by atoms with E-state index in [1.807, 2.05) is 24.3 Å². The SMILES string of the molecule is CN(CC1OCCO1)C(=O)c1cccc(-c2cnc3c(-c4ccccn4)c(N)nn3c2)n1. The van der Waals surface area contributed by atoms with E-state index < -0.39 is 6.29 Å². The highest BCUT2D eigenvalue weighted by Crippen LogP contribution is 2.28. The molecule has 1 aliphatic heterocycles. The molecule has 0 saturated carbocycles. The largest absolute Gasteiger partial charge is 0.382 e. The first-order valence-corrected chi connectivity index (χ1v) is 10.1. The normalized spacial score (nSPS) is 14.2. The second-order valence-electron chi connectivity index (χ2n) is 7.35. The molecule has 0 bridgehead atoms. The molecule has 10 heteroatoms.